The normalized spacial score (nSPS) is 7.00. The van der Waals surface area contributed by atoms with Gasteiger partial charge in [0.25, 0.3) is 0 Å². The molecule has 1 nitrogen and oxygen atoms in total. The second-order valence-corrected chi connectivity index (χ2v) is 1.07. The Labute approximate surface area is 45.0 Å². The molecule has 25 valence electrons. The summed E-state index contributed by atoms with van der Waals surface area (Å²) in [6.45, 7) is 4.09. The van der Waals surface area contributed by atoms with Crippen LogP contribution in [0.5, 0.6) is 0 Å². The molecule has 2 heteroatoms. The van der Waals surface area contributed by atoms with Gasteiger partial charge in [0.05, 0.1) is 0 Å². The monoisotopic (exact) mass is 81.0 g/mol. The Morgan fingerprint density at radius 1 is 2.00 bits per heavy atom. The van der Waals surface area contributed by atoms with Crippen LogP contribution < -0.4 is 0 Å². The van der Waals surface area contributed by atoms with Gasteiger partial charge in [-0.25, -0.2) is 0 Å². The molecule has 0 aliphatic heterocycles. The van der Waals surface area contributed by atoms with Gasteiger partial charge in [-0.2, -0.15) is 0 Å². The van der Waals surface area contributed by atoms with Gasteiger partial charge in [0, 0.05) is 6.61 Å². The topological polar surface area (TPSA) is 9.23 Å². The Kier molecular flexibility index (Phi) is 4.88. The highest BCUT2D eigenvalue weighted by molar-refractivity contribution is 5.98. The van der Waals surface area contributed by atoms with Crippen molar-refractivity contribution in [2.45, 2.75) is 0 Å². The molecule has 0 spiro atoms. The molecular formula is C3H5MgO. The van der Waals surface area contributed by atoms with E-state index in [1.807, 2.05) is 0 Å². The van der Waals surface area contributed by atoms with Crippen molar-refractivity contribution in [3.8, 4) is 0 Å². The molecule has 0 aromatic heterocycles. The minimum absolute atomic E-state index is 0.665. The van der Waals surface area contributed by atoms with Gasteiger partial charge in [-0.1, -0.05) is 6.08 Å². The van der Waals surface area contributed by atoms with Gasteiger partial charge in [0.1, 0.15) is 0 Å². The molecule has 0 aliphatic rings. The minimum atomic E-state index is 0.665. The molecule has 0 fully saturated rings. The zero-order chi connectivity index (χ0) is 4.12. The Morgan fingerprint density at radius 2 is 2.60 bits per heavy atom. The Morgan fingerprint density at radius 3 is 2.60 bits per heavy atom. The van der Waals surface area contributed by atoms with Crippen LogP contribution in [0.4, 0.5) is 0 Å². The molecule has 0 unspecified atom stereocenters. The van der Waals surface area contributed by atoms with Crippen molar-refractivity contribution >= 4 is 22.1 Å². The van der Waals surface area contributed by atoms with Crippen LogP contribution >= 0.6 is 0 Å². The van der Waals surface area contributed by atoms with E-state index in [1.165, 1.54) is 22.1 Å². The second kappa shape index (κ2) is 4.47. The lowest BCUT2D eigenvalue weighted by molar-refractivity contribution is 0.402. The van der Waals surface area contributed by atoms with Crippen LogP contribution in [0.2, 0.25) is 0 Å². The molecule has 1 radical (unpaired) electrons. The smallest absolute Gasteiger partial charge is 0.452 e. The first-order valence-corrected chi connectivity index (χ1v) is 1.97. The van der Waals surface area contributed by atoms with Gasteiger partial charge in [-0.15, -0.1) is 6.58 Å². The van der Waals surface area contributed by atoms with E-state index in [4.69, 9.17) is 0 Å². The summed E-state index contributed by atoms with van der Waals surface area (Å²) in [5.74, 6) is 0. The van der Waals surface area contributed by atoms with Crippen molar-refractivity contribution in [1.29, 1.82) is 0 Å². The first-order chi connectivity index (χ1) is 2.41. The van der Waals surface area contributed by atoms with Crippen molar-refractivity contribution in [2.75, 3.05) is 6.61 Å². The fraction of sp³-hybridized carbons (Fsp3) is 0.333. The highest BCUT2D eigenvalue weighted by atomic mass is 24.4. The summed E-state index contributed by atoms with van der Waals surface area (Å²) in [5.41, 5.74) is 0. The molecule has 0 saturated carbocycles. The predicted octanol–water partition coefficient (Wildman–Crippen LogP) is 0.272. The maximum Gasteiger partial charge on any atom is 0.452 e. The molecule has 0 aromatic rings. The average Bonchev–Trinajstić information content (AvgIpc) is 1.41. The summed E-state index contributed by atoms with van der Waals surface area (Å²) in [6, 6.07) is 0. The van der Waals surface area contributed by atoms with Crippen LogP contribution in [0.25, 0.3) is 0 Å². The van der Waals surface area contributed by atoms with Crippen LogP contribution in [0.15, 0.2) is 12.7 Å². The van der Waals surface area contributed by atoms with Crippen LogP contribution in [0, 0.1) is 0 Å². The van der Waals surface area contributed by atoms with E-state index in [2.05, 4.69) is 9.75 Å². The third-order valence-electron chi connectivity index (χ3n) is 0.236. The largest absolute Gasteiger partial charge is 0.581 e. The lowest BCUT2D eigenvalue weighted by Crippen LogP contribution is -1.79. The maximum atomic E-state index is 4.60. The number of rotatable bonds is 2. The molecule has 0 aromatic carbocycles. The molecule has 0 saturated heterocycles. The van der Waals surface area contributed by atoms with Gasteiger partial charge in [0.2, 0.25) is 0 Å². The summed E-state index contributed by atoms with van der Waals surface area (Å²) in [6.07, 6.45) is 1.72. The second-order valence-electron chi connectivity index (χ2n) is 0.659. The molecule has 0 heterocycles. The highest BCUT2D eigenvalue weighted by Crippen LogP contribution is 1.59. The summed E-state index contributed by atoms with van der Waals surface area (Å²) in [5, 5.41) is 0. The van der Waals surface area contributed by atoms with E-state index in [0.29, 0.717) is 6.61 Å². The maximum absolute atomic E-state index is 4.60. The molecule has 0 N–H and O–H groups in total. The van der Waals surface area contributed by atoms with Crippen molar-refractivity contribution < 1.29 is 3.17 Å². The lowest BCUT2D eigenvalue weighted by Gasteiger charge is -1.85. The lowest BCUT2D eigenvalue weighted by atomic mass is 10.7. The standard InChI is InChI=1S/C3H5O.Mg/c1-2-3-4;/h2H,1,3H2;/q-1;+1. The third kappa shape index (κ3) is 4.47. The number of hydrogen-bond donors (Lipinski definition) is 0. The van der Waals surface area contributed by atoms with E-state index >= 15 is 0 Å². The Bertz CT molecular complexity index is 28.1. The Balaban J connectivity index is 2.40. The quantitative estimate of drug-likeness (QED) is 0.342. The van der Waals surface area contributed by atoms with E-state index in [-0.39, 0.29) is 0 Å². The van der Waals surface area contributed by atoms with E-state index in [1.54, 1.807) is 6.08 Å². The van der Waals surface area contributed by atoms with Gasteiger partial charge in [0.15, 0.2) is 0 Å². The Hall–Kier alpha value is 0.466. The molecule has 0 amide bonds. The minimum Gasteiger partial charge on any atom is -0.581 e. The van der Waals surface area contributed by atoms with Crippen molar-refractivity contribution in [1.82, 2.24) is 0 Å². The molecule has 0 atom stereocenters. The predicted molar refractivity (Wildman–Crippen MR) is 21.9 cm³/mol. The fourth-order valence-corrected chi connectivity index (χ4v) is 0.250. The summed E-state index contributed by atoms with van der Waals surface area (Å²) >= 11 is 1.48. The zero-order valence-electron chi connectivity index (χ0n) is 3.11. The molecule has 0 aliphatic carbocycles. The van der Waals surface area contributed by atoms with Gasteiger partial charge in [-0.05, 0) is 0 Å². The van der Waals surface area contributed by atoms with Crippen molar-refractivity contribution in [3.63, 3.8) is 0 Å². The third-order valence-corrected chi connectivity index (χ3v) is 0.471. The fourth-order valence-electron chi connectivity index (χ4n) is 0.0833. The number of hydrogen-bond acceptors (Lipinski definition) is 1. The highest BCUT2D eigenvalue weighted by Gasteiger charge is 1.57. The first kappa shape index (κ1) is 5.47. The average molecular weight is 81.4 g/mol. The van der Waals surface area contributed by atoms with Crippen molar-refractivity contribution in [3.05, 3.63) is 12.7 Å². The zero-order valence-corrected chi connectivity index (χ0v) is 4.52. The SMILES string of the molecule is C=CC[O][Mg]. The van der Waals surface area contributed by atoms with Crippen LogP contribution in [-0.4, -0.2) is 28.7 Å². The van der Waals surface area contributed by atoms with E-state index < -0.39 is 0 Å². The molecule has 0 bridgehead atoms. The van der Waals surface area contributed by atoms with E-state index in [9.17, 15) is 0 Å². The van der Waals surface area contributed by atoms with Crippen molar-refractivity contribution in [2.24, 2.45) is 0 Å². The molecule has 5 heavy (non-hydrogen) atoms. The van der Waals surface area contributed by atoms with Gasteiger partial charge < -0.3 is 3.17 Å². The van der Waals surface area contributed by atoms with E-state index in [0.717, 1.165) is 0 Å². The summed E-state index contributed by atoms with van der Waals surface area (Å²) in [7, 11) is 0. The summed E-state index contributed by atoms with van der Waals surface area (Å²) in [4.78, 5) is 0. The van der Waals surface area contributed by atoms with Crippen LogP contribution in [0.3, 0.4) is 0 Å². The summed E-state index contributed by atoms with van der Waals surface area (Å²) < 4.78 is 4.60. The van der Waals surface area contributed by atoms with Gasteiger partial charge in [-0.3, -0.25) is 0 Å². The molecular weight excluding hydrogens is 76.3 g/mol. The first-order valence-electron chi connectivity index (χ1n) is 1.39. The van der Waals surface area contributed by atoms with Gasteiger partial charge >= 0.3 is 22.1 Å². The van der Waals surface area contributed by atoms with Crippen LogP contribution in [0.1, 0.15) is 0 Å². The molecule has 0 rings (SSSR count). The van der Waals surface area contributed by atoms with Crippen LogP contribution in [-0.2, 0) is 3.17 Å².